The molecule has 1 heterocycles. The van der Waals surface area contributed by atoms with E-state index in [1.165, 1.54) is 18.0 Å². The van der Waals surface area contributed by atoms with Crippen molar-refractivity contribution in [3.05, 3.63) is 33.6 Å². The highest BCUT2D eigenvalue weighted by Crippen LogP contribution is 2.35. The van der Waals surface area contributed by atoms with Crippen LogP contribution in [-0.2, 0) is 22.7 Å². The summed E-state index contributed by atoms with van der Waals surface area (Å²) in [5, 5.41) is 11.7. The number of rotatable bonds is 6. The normalized spacial score (nSPS) is 14.6. The smallest absolute Gasteiger partial charge is 0.258 e. The molecule has 1 aromatic rings. The van der Waals surface area contributed by atoms with Gasteiger partial charge in [0, 0.05) is 36.2 Å². The second-order valence-electron chi connectivity index (χ2n) is 5.15. The van der Waals surface area contributed by atoms with E-state index < -0.39 is 30.3 Å². The number of benzene rings is 1. The summed E-state index contributed by atoms with van der Waals surface area (Å²) in [4.78, 5) is 36.3. The van der Waals surface area contributed by atoms with E-state index in [0.717, 1.165) is 0 Å². The quantitative estimate of drug-likeness (QED) is 0.756. The second kappa shape index (κ2) is 7.06. The lowest BCUT2D eigenvalue weighted by Gasteiger charge is -2.25. The fraction of sp³-hybridized carbons (Fsp3) is 0.400. The van der Waals surface area contributed by atoms with E-state index in [9.17, 15) is 18.8 Å². The molecule has 0 saturated carbocycles. The number of aliphatic hydroxyl groups excluding tert-OH is 1. The predicted molar refractivity (Wildman–Crippen MR) is 80.4 cm³/mol. The summed E-state index contributed by atoms with van der Waals surface area (Å²) in [5.74, 6) is -1.94. The topological polar surface area (TPSA) is 86.7 Å². The zero-order valence-corrected chi connectivity index (χ0v) is 13.2. The van der Waals surface area contributed by atoms with Crippen LogP contribution in [0.4, 0.5) is 4.39 Å². The number of hydrogen-bond acceptors (Lipinski definition) is 4. The molecular weight excluding hydrogens is 327 g/mol. The first-order valence-corrected chi connectivity index (χ1v) is 7.40. The minimum atomic E-state index is -0.891. The Bertz CT molecular complexity index is 665. The first kappa shape index (κ1) is 17.4. The number of aldehydes is 1. The van der Waals surface area contributed by atoms with Gasteiger partial charge < -0.3 is 20.1 Å². The Hall–Kier alpha value is -1.99. The highest BCUT2D eigenvalue weighted by molar-refractivity contribution is 6.32. The van der Waals surface area contributed by atoms with Gasteiger partial charge in [0.25, 0.3) is 5.91 Å². The first-order chi connectivity index (χ1) is 11.0. The molecule has 6 nitrogen and oxygen atoms in total. The summed E-state index contributed by atoms with van der Waals surface area (Å²) in [7, 11) is 1.42. The number of halogens is 2. The van der Waals surface area contributed by atoms with Gasteiger partial charge in [-0.05, 0) is 12.5 Å². The van der Waals surface area contributed by atoms with Gasteiger partial charge in [0.2, 0.25) is 5.91 Å². The van der Waals surface area contributed by atoms with Crippen LogP contribution < -0.4 is 5.32 Å². The van der Waals surface area contributed by atoms with E-state index >= 15 is 0 Å². The fourth-order valence-corrected chi connectivity index (χ4v) is 2.95. The molecule has 8 heteroatoms. The van der Waals surface area contributed by atoms with Crippen LogP contribution in [-0.4, -0.2) is 41.2 Å². The Kier molecular flexibility index (Phi) is 5.33. The lowest BCUT2D eigenvalue weighted by molar-refractivity contribution is -0.125. The summed E-state index contributed by atoms with van der Waals surface area (Å²) in [6, 6.07) is 0.380. The number of nitrogens with zero attached hydrogens (tertiary/aromatic N) is 1. The van der Waals surface area contributed by atoms with Crippen LogP contribution in [0, 0.1) is 5.82 Å². The highest BCUT2D eigenvalue weighted by atomic mass is 35.5. The van der Waals surface area contributed by atoms with Crippen molar-refractivity contribution in [2.45, 2.75) is 32.0 Å². The molecule has 0 bridgehead atoms. The molecular formula is C15H16ClFN2O4. The number of carbonyl (C=O) groups excluding carboxylic acids is 3. The molecule has 2 amide bonds. The maximum absolute atomic E-state index is 14.4. The van der Waals surface area contributed by atoms with Gasteiger partial charge in [0.15, 0.2) is 0 Å². The van der Waals surface area contributed by atoms with E-state index in [1.807, 2.05) is 0 Å². The van der Waals surface area contributed by atoms with Crippen LogP contribution in [0.1, 0.15) is 34.3 Å². The number of nitrogens with one attached hydrogen (secondary N) is 1. The van der Waals surface area contributed by atoms with Crippen molar-refractivity contribution < 1.29 is 23.9 Å². The minimum Gasteiger partial charge on any atom is -0.392 e. The average Bonchev–Trinajstić information content (AvgIpc) is 2.89. The molecule has 1 unspecified atom stereocenters. The summed E-state index contributed by atoms with van der Waals surface area (Å²) >= 11 is 6.07. The molecule has 1 atom stereocenters. The molecule has 1 aliphatic heterocycles. The van der Waals surface area contributed by atoms with Crippen LogP contribution in [0.5, 0.6) is 0 Å². The lowest BCUT2D eigenvalue weighted by Crippen LogP contribution is -2.46. The van der Waals surface area contributed by atoms with Gasteiger partial charge in [-0.15, -0.1) is 0 Å². The maximum atomic E-state index is 14.4. The zero-order valence-electron chi connectivity index (χ0n) is 12.4. The third kappa shape index (κ3) is 3.07. The van der Waals surface area contributed by atoms with Crippen molar-refractivity contribution in [1.82, 2.24) is 10.2 Å². The van der Waals surface area contributed by atoms with E-state index in [-0.39, 0.29) is 41.1 Å². The molecule has 124 valence electrons. The lowest BCUT2D eigenvalue weighted by atomic mass is 10.1. The molecule has 0 saturated heterocycles. The van der Waals surface area contributed by atoms with Crippen molar-refractivity contribution in [3.8, 4) is 0 Å². The summed E-state index contributed by atoms with van der Waals surface area (Å²) in [6.45, 7) is -0.608. The average molecular weight is 343 g/mol. The zero-order chi connectivity index (χ0) is 17.1. The van der Waals surface area contributed by atoms with E-state index in [2.05, 4.69) is 5.32 Å². The van der Waals surface area contributed by atoms with Gasteiger partial charge in [-0.25, -0.2) is 4.39 Å². The highest BCUT2D eigenvalue weighted by Gasteiger charge is 2.39. The maximum Gasteiger partial charge on any atom is 0.258 e. The Morgan fingerprint density at radius 2 is 2.30 bits per heavy atom. The standard InChI is InChI=1S/C15H16ClFN2O4/c1-18-14(22)11(3-2-4-20)19-6-9-10(16)5-8(7-21)13(17)12(9)15(19)23/h4-5,11,21H,2-3,6-7H2,1H3,(H,18,22). The molecule has 2 rings (SSSR count). The van der Waals surface area contributed by atoms with Crippen LogP contribution >= 0.6 is 11.6 Å². The van der Waals surface area contributed by atoms with Crippen molar-refractivity contribution >= 4 is 29.7 Å². The van der Waals surface area contributed by atoms with Crippen LogP contribution in [0.15, 0.2) is 6.07 Å². The predicted octanol–water partition coefficient (Wildman–Crippen LogP) is 1.02. The van der Waals surface area contributed by atoms with Gasteiger partial charge in [0.05, 0.1) is 12.2 Å². The van der Waals surface area contributed by atoms with Crippen LogP contribution in [0.2, 0.25) is 5.02 Å². The monoisotopic (exact) mass is 342 g/mol. The molecule has 23 heavy (non-hydrogen) atoms. The van der Waals surface area contributed by atoms with Gasteiger partial charge in [-0.3, -0.25) is 9.59 Å². The molecule has 0 fully saturated rings. The Morgan fingerprint density at radius 3 is 2.87 bits per heavy atom. The molecule has 0 aromatic heterocycles. The SMILES string of the molecule is CNC(=O)C(CCC=O)N1Cc2c(Cl)cc(CO)c(F)c2C1=O. The largest absolute Gasteiger partial charge is 0.392 e. The molecule has 1 aromatic carbocycles. The molecule has 2 N–H and O–H groups in total. The third-order valence-electron chi connectivity index (χ3n) is 3.85. The first-order valence-electron chi connectivity index (χ1n) is 7.03. The van der Waals surface area contributed by atoms with Gasteiger partial charge >= 0.3 is 0 Å². The molecule has 1 aliphatic rings. The van der Waals surface area contributed by atoms with Gasteiger partial charge in [-0.1, -0.05) is 11.6 Å². The van der Waals surface area contributed by atoms with E-state index in [0.29, 0.717) is 6.29 Å². The Balaban J connectivity index is 2.43. The summed E-state index contributed by atoms with van der Waals surface area (Å²) < 4.78 is 14.4. The van der Waals surface area contributed by atoms with Crippen molar-refractivity contribution in [2.75, 3.05) is 7.05 Å². The number of amides is 2. The molecule has 0 aliphatic carbocycles. The van der Waals surface area contributed by atoms with Crippen molar-refractivity contribution in [1.29, 1.82) is 0 Å². The Morgan fingerprint density at radius 1 is 1.61 bits per heavy atom. The number of aliphatic hydroxyl groups is 1. The van der Waals surface area contributed by atoms with Gasteiger partial charge in [0.1, 0.15) is 18.1 Å². The Labute approximate surface area is 137 Å². The number of carbonyl (C=O) groups is 3. The van der Waals surface area contributed by atoms with Gasteiger partial charge in [-0.2, -0.15) is 0 Å². The minimum absolute atomic E-state index is 0.0213. The summed E-state index contributed by atoms with van der Waals surface area (Å²) in [6.07, 6.45) is 0.881. The number of hydrogen-bond donors (Lipinski definition) is 2. The van der Waals surface area contributed by atoms with Crippen molar-refractivity contribution in [2.24, 2.45) is 0 Å². The van der Waals surface area contributed by atoms with Crippen molar-refractivity contribution in [3.63, 3.8) is 0 Å². The van der Waals surface area contributed by atoms with Crippen LogP contribution in [0.3, 0.4) is 0 Å². The van der Waals surface area contributed by atoms with Crippen LogP contribution in [0.25, 0.3) is 0 Å². The number of fused-ring (bicyclic) bond motifs is 1. The summed E-state index contributed by atoms with van der Waals surface area (Å²) in [5.41, 5.74) is -0.0127. The third-order valence-corrected chi connectivity index (χ3v) is 4.19. The number of likely N-dealkylation sites (N-methyl/N-ethyl adjacent to an activating group) is 1. The van der Waals surface area contributed by atoms with E-state index in [4.69, 9.17) is 16.7 Å². The fourth-order valence-electron chi connectivity index (χ4n) is 2.67. The molecule has 0 radical (unpaired) electrons. The molecule has 0 spiro atoms. The van der Waals surface area contributed by atoms with E-state index in [1.54, 1.807) is 0 Å². The second-order valence-corrected chi connectivity index (χ2v) is 5.56.